The number of morpholine rings is 1. The number of anilines is 2. The molecule has 6 heteroatoms. The molecule has 1 saturated heterocycles. The van der Waals surface area contributed by atoms with Crippen LogP contribution >= 0.6 is 0 Å². The maximum Gasteiger partial charge on any atom is 0.263 e. The standard InChI is InChI=1S/C20H21N3O3/c24-19-12-26-16-8-9-18(21-20(16)22-19)23-10-17(14-6-7-14)25-11-15(23)13-4-2-1-3-5-13/h1-5,8-9,14-15,17H,6-7,10-12H2,(H,21,22,24). The van der Waals surface area contributed by atoms with Crippen LogP contribution in [0.5, 0.6) is 5.75 Å². The van der Waals surface area contributed by atoms with Gasteiger partial charge in [0.2, 0.25) is 0 Å². The molecule has 1 aromatic heterocycles. The van der Waals surface area contributed by atoms with E-state index in [9.17, 15) is 4.79 Å². The molecule has 0 bridgehead atoms. The minimum absolute atomic E-state index is 0.0436. The van der Waals surface area contributed by atoms with Crippen molar-refractivity contribution < 1.29 is 14.3 Å². The van der Waals surface area contributed by atoms with Gasteiger partial charge >= 0.3 is 0 Å². The zero-order valence-corrected chi connectivity index (χ0v) is 14.4. The van der Waals surface area contributed by atoms with E-state index < -0.39 is 0 Å². The Morgan fingerprint density at radius 3 is 2.77 bits per heavy atom. The summed E-state index contributed by atoms with van der Waals surface area (Å²) in [5.41, 5.74) is 1.21. The first-order valence-electron chi connectivity index (χ1n) is 9.15. The van der Waals surface area contributed by atoms with E-state index in [1.807, 2.05) is 18.2 Å². The number of hydrogen-bond donors (Lipinski definition) is 1. The summed E-state index contributed by atoms with van der Waals surface area (Å²) in [5.74, 6) is 2.46. The van der Waals surface area contributed by atoms with E-state index in [2.05, 4.69) is 34.5 Å². The number of benzene rings is 1. The van der Waals surface area contributed by atoms with Crippen molar-refractivity contribution in [3.05, 3.63) is 48.0 Å². The van der Waals surface area contributed by atoms with Crippen molar-refractivity contribution in [2.24, 2.45) is 5.92 Å². The third-order valence-corrected chi connectivity index (χ3v) is 5.31. The molecule has 1 aliphatic carbocycles. The Hall–Kier alpha value is -2.60. The summed E-state index contributed by atoms with van der Waals surface area (Å²) >= 11 is 0. The topological polar surface area (TPSA) is 63.7 Å². The number of ether oxygens (including phenoxy) is 2. The Morgan fingerprint density at radius 1 is 1.12 bits per heavy atom. The van der Waals surface area contributed by atoms with Gasteiger partial charge in [-0.05, 0) is 36.5 Å². The highest BCUT2D eigenvalue weighted by atomic mass is 16.5. The molecular weight excluding hydrogens is 330 g/mol. The predicted octanol–water partition coefficient (Wildman–Crippen LogP) is 2.77. The van der Waals surface area contributed by atoms with Crippen LogP contribution in [0.3, 0.4) is 0 Å². The quantitative estimate of drug-likeness (QED) is 0.921. The highest BCUT2D eigenvalue weighted by Crippen LogP contribution is 2.40. The maximum atomic E-state index is 11.6. The van der Waals surface area contributed by atoms with Crippen molar-refractivity contribution in [2.75, 3.05) is 30.0 Å². The van der Waals surface area contributed by atoms with E-state index in [-0.39, 0.29) is 24.7 Å². The second-order valence-corrected chi connectivity index (χ2v) is 7.14. The summed E-state index contributed by atoms with van der Waals surface area (Å²) < 4.78 is 11.6. The zero-order chi connectivity index (χ0) is 17.5. The monoisotopic (exact) mass is 351 g/mol. The van der Waals surface area contributed by atoms with Crippen molar-refractivity contribution in [3.63, 3.8) is 0 Å². The lowest BCUT2D eigenvalue weighted by atomic mass is 10.0. The van der Waals surface area contributed by atoms with Gasteiger partial charge in [0.05, 0.1) is 18.8 Å². The van der Waals surface area contributed by atoms with Gasteiger partial charge in [-0.2, -0.15) is 0 Å². The fraction of sp³-hybridized carbons (Fsp3) is 0.400. The van der Waals surface area contributed by atoms with E-state index in [1.54, 1.807) is 0 Å². The molecule has 0 radical (unpaired) electrons. The first-order valence-corrected chi connectivity index (χ1v) is 9.15. The highest BCUT2D eigenvalue weighted by molar-refractivity contribution is 5.94. The zero-order valence-electron chi connectivity index (χ0n) is 14.4. The second-order valence-electron chi connectivity index (χ2n) is 7.14. The van der Waals surface area contributed by atoms with Gasteiger partial charge in [-0.3, -0.25) is 4.79 Å². The van der Waals surface area contributed by atoms with E-state index in [1.165, 1.54) is 18.4 Å². The van der Waals surface area contributed by atoms with Crippen molar-refractivity contribution in [3.8, 4) is 5.75 Å². The van der Waals surface area contributed by atoms with Gasteiger partial charge in [0, 0.05) is 6.54 Å². The summed E-state index contributed by atoms with van der Waals surface area (Å²) in [6.45, 7) is 1.50. The fourth-order valence-electron chi connectivity index (χ4n) is 3.75. The Balaban J connectivity index is 1.49. The fourth-order valence-corrected chi connectivity index (χ4v) is 3.75. The summed E-state index contributed by atoms with van der Waals surface area (Å²) in [4.78, 5) is 18.6. The maximum absolute atomic E-state index is 11.6. The molecule has 1 aromatic carbocycles. The van der Waals surface area contributed by atoms with Gasteiger partial charge in [0.25, 0.3) is 5.91 Å². The van der Waals surface area contributed by atoms with Crippen molar-refractivity contribution in [1.82, 2.24) is 4.98 Å². The van der Waals surface area contributed by atoms with Gasteiger partial charge in [-0.1, -0.05) is 30.3 Å². The molecule has 1 saturated carbocycles. The number of nitrogens with zero attached hydrogens (tertiary/aromatic N) is 2. The molecule has 3 aliphatic rings. The highest BCUT2D eigenvalue weighted by Gasteiger charge is 2.39. The van der Waals surface area contributed by atoms with Crippen LogP contribution in [0.1, 0.15) is 24.4 Å². The van der Waals surface area contributed by atoms with Crippen LogP contribution < -0.4 is 15.0 Å². The number of fused-ring (bicyclic) bond motifs is 1. The molecule has 6 nitrogen and oxygen atoms in total. The van der Waals surface area contributed by atoms with Gasteiger partial charge in [0.1, 0.15) is 5.82 Å². The minimum atomic E-state index is -0.167. The Morgan fingerprint density at radius 2 is 1.96 bits per heavy atom. The predicted molar refractivity (Wildman–Crippen MR) is 97.4 cm³/mol. The molecule has 2 fully saturated rings. The number of carbonyl (C=O) groups excluding carboxylic acids is 1. The summed E-state index contributed by atoms with van der Waals surface area (Å²) in [6, 6.07) is 14.3. The summed E-state index contributed by atoms with van der Waals surface area (Å²) in [5, 5.41) is 2.81. The number of nitrogens with one attached hydrogen (secondary N) is 1. The summed E-state index contributed by atoms with van der Waals surface area (Å²) in [6.07, 6.45) is 2.74. The Kier molecular flexibility index (Phi) is 3.78. The number of aromatic nitrogens is 1. The van der Waals surface area contributed by atoms with Crippen LogP contribution in [-0.2, 0) is 9.53 Å². The Bertz CT molecular complexity index is 822. The van der Waals surface area contributed by atoms with E-state index in [0.29, 0.717) is 24.1 Å². The second kappa shape index (κ2) is 6.29. The lowest BCUT2D eigenvalue weighted by Gasteiger charge is -2.41. The molecule has 5 rings (SSSR count). The molecular formula is C20H21N3O3. The molecule has 2 aliphatic heterocycles. The molecule has 3 heterocycles. The number of pyridine rings is 1. The average molecular weight is 351 g/mol. The third-order valence-electron chi connectivity index (χ3n) is 5.31. The van der Waals surface area contributed by atoms with E-state index in [4.69, 9.17) is 14.5 Å². The van der Waals surface area contributed by atoms with Crippen LogP contribution in [-0.4, -0.2) is 36.8 Å². The van der Waals surface area contributed by atoms with E-state index in [0.717, 1.165) is 12.4 Å². The first kappa shape index (κ1) is 15.6. The molecule has 2 aromatic rings. The smallest absolute Gasteiger partial charge is 0.263 e. The summed E-state index contributed by atoms with van der Waals surface area (Å²) in [7, 11) is 0. The van der Waals surface area contributed by atoms with Gasteiger partial charge in [-0.25, -0.2) is 4.98 Å². The van der Waals surface area contributed by atoms with Crippen LogP contribution in [0.4, 0.5) is 11.6 Å². The van der Waals surface area contributed by atoms with Gasteiger partial charge < -0.3 is 19.7 Å². The number of hydrogen-bond acceptors (Lipinski definition) is 5. The lowest BCUT2D eigenvalue weighted by Crippen LogP contribution is -2.46. The van der Waals surface area contributed by atoms with E-state index >= 15 is 0 Å². The van der Waals surface area contributed by atoms with Crippen molar-refractivity contribution in [1.29, 1.82) is 0 Å². The number of carbonyl (C=O) groups is 1. The first-order chi connectivity index (χ1) is 12.8. The van der Waals surface area contributed by atoms with Crippen LogP contribution in [0.15, 0.2) is 42.5 Å². The molecule has 0 spiro atoms. The van der Waals surface area contributed by atoms with Gasteiger partial charge in [-0.15, -0.1) is 0 Å². The number of amides is 1. The molecule has 2 unspecified atom stereocenters. The van der Waals surface area contributed by atoms with Crippen LogP contribution in [0.2, 0.25) is 0 Å². The van der Waals surface area contributed by atoms with Gasteiger partial charge in [0.15, 0.2) is 18.2 Å². The molecule has 26 heavy (non-hydrogen) atoms. The SMILES string of the molecule is O=C1COc2ccc(N3CC(C4CC4)OCC3c3ccccc3)nc2N1. The lowest BCUT2D eigenvalue weighted by molar-refractivity contribution is -0.118. The molecule has 1 amide bonds. The molecule has 134 valence electrons. The largest absolute Gasteiger partial charge is 0.480 e. The minimum Gasteiger partial charge on any atom is -0.480 e. The van der Waals surface area contributed by atoms with Crippen LogP contribution in [0.25, 0.3) is 0 Å². The number of rotatable bonds is 3. The normalized spacial score (nSPS) is 25.2. The van der Waals surface area contributed by atoms with Crippen LogP contribution in [0, 0.1) is 5.92 Å². The average Bonchev–Trinajstić information content (AvgIpc) is 3.53. The molecule has 1 N–H and O–H groups in total. The third kappa shape index (κ3) is 2.90. The van der Waals surface area contributed by atoms with Crippen molar-refractivity contribution in [2.45, 2.75) is 25.0 Å². The Labute approximate surface area is 152 Å². The molecule has 2 atom stereocenters. The van der Waals surface area contributed by atoms with Crippen molar-refractivity contribution >= 4 is 17.5 Å².